The molecule has 1 fully saturated rings. The lowest BCUT2D eigenvalue weighted by molar-refractivity contribution is -0.168. The maximum atomic E-state index is 14.5. The maximum Gasteiger partial charge on any atom is 0.413 e. The number of hydrogen-bond donors (Lipinski definition) is 4. The molecule has 3 aliphatic carbocycles. The van der Waals surface area contributed by atoms with Crippen molar-refractivity contribution in [3.8, 4) is 5.75 Å². The summed E-state index contributed by atoms with van der Waals surface area (Å²) in [4.78, 5) is 85.0. The number of amides is 2. The number of likely N-dealkylation sites (N-methyl/N-ethyl adjacent to an activating group) is 1. The van der Waals surface area contributed by atoms with Crippen molar-refractivity contribution < 1.29 is 53.6 Å². The zero-order chi connectivity index (χ0) is 40.3. The van der Waals surface area contributed by atoms with E-state index in [-0.39, 0.29) is 48.9 Å². The number of esters is 1. The highest BCUT2D eigenvalue weighted by atomic mass is 16.7. The summed E-state index contributed by atoms with van der Waals surface area (Å²) >= 11 is 0. The number of nitrogens with two attached hydrogens (primary N) is 1. The van der Waals surface area contributed by atoms with Gasteiger partial charge in [0.05, 0.1) is 30.5 Å². The van der Waals surface area contributed by atoms with Crippen LogP contribution in [-0.4, -0.2) is 113 Å². The second kappa shape index (κ2) is 14.4. The van der Waals surface area contributed by atoms with Crippen LogP contribution < -0.4 is 10.6 Å². The SMILES string of the molecule is CC(OC(=O)CC(C)(C)C)OC(=O)N(Cc1cc(N(C)C)c2c(c1O)C(=O)C1C(=O)[C@]3(O)C(O)=C(C(N)=O)C(=O)[C@@H](N(C)C)C3CC1C2)CC(C)(C)C. The van der Waals surface area contributed by atoms with E-state index in [1.807, 2.05) is 41.5 Å². The van der Waals surface area contributed by atoms with Gasteiger partial charge in [-0.05, 0) is 55.3 Å². The number of primary amides is 1. The lowest BCUT2D eigenvalue weighted by Gasteiger charge is -2.52. The molecular formula is C38H54N4O11. The monoisotopic (exact) mass is 742 g/mol. The van der Waals surface area contributed by atoms with Crippen LogP contribution in [0.2, 0.25) is 0 Å². The van der Waals surface area contributed by atoms with E-state index in [9.17, 15) is 44.1 Å². The van der Waals surface area contributed by atoms with E-state index in [4.69, 9.17) is 15.2 Å². The molecule has 15 nitrogen and oxygen atoms in total. The van der Waals surface area contributed by atoms with Gasteiger partial charge < -0.3 is 40.3 Å². The van der Waals surface area contributed by atoms with Gasteiger partial charge in [0.25, 0.3) is 5.91 Å². The Kier molecular flexibility index (Phi) is 11.2. The minimum absolute atomic E-state index is 0.0537. The van der Waals surface area contributed by atoms with Crippen molar-refractivity contribution >= 4 is 41.0 Å². The van der Waals surface area contributed by atoms with Crippen LogP contribution in [0.25, 0.3) is 0 Å². The number of nitrogens with zero attached hydrogens (tertiary/aromatic N) is 3. The highest BCUT2D eigenvalue weighted by Gasteiger charge is 2.66. The summed E-state index contributed by atoms with van der Waals surface area (Å²) in [5.74, 6) is -9.77. The molecule has 6 atom stereocenters. The number of rotatable bonds is 9. The van der Waals surface area contributed by atoms with Gasteiger partial charge >= 0.3 is 12.1 Å². The number of phenols is 1. The predicted octanol–water partition coefficient (Wildman–Crippen LogP) is 2.87. The fourth-order valence-electron chi connectivity index (χ4n) is 7.95. The normalized spacial score (nSPS) is 25.0. The van der Waals surface area contributed by atoms with Gasteiger partial charge in [0.1, 0.15) is 17.1 Å². The van der Waals surface area contributed by atoms with Gasteiger partial charge in [0.2, 0.25) is 6.29 Å². The van der Waals surface area contributed by atoms with E-state index < -0.39 is 93.5 Å². The van der Waals surface area contributed by atoms with Crippen LogP contribution >= 0.6 is 0 Å². The summed E-state index contributed by atoms with van der Waals surface area (Å²) in [6.07, 6.45) is -1.91. The number of ether oxygens (including phenoxy) is 2. The number of anilines is 1. The molecule has 1 saturated carbocycles. The highest BCUT2D eigenvalue weighted by Crippen LogP contribution is 2.53. The first-order valence-electron chi connectivity index (χ1n) is 17.7. The van der Waals surface area contributed by atoms with Gasteiger partial charge in [-0.25, -0.2) is 4.79 Å². The number of carbonyl (C=O) groups excluding carboxylic acids is 6. The van der Waals surface area contributed by atoms with E-state index in [0.29, 0.717) is 11.3 Å². The van der Waals surface area contributed by atoms with Gasteiger partial charge in [-0.2, -0.15) is 0 Å². The van der Waals surface area contributed by atoms with Gasteiger partial charge in [0, 0.05) is 44.7 Å². The van der Waals surface area contributed by atoms with E-state index in [1.165, 1.54) is 30.8 Å². The number of fused-ring (bicyclic) bond motifs is 3. The Bertz CT molecular complexity index is 1750. The van der Waals surface area contributed by atoms with Crippen molar-refractivity contribution in [2.24, 2.45) is 34.3 Å². The van der Waals surface area contributed by atoms with E-state index in [2.05, 4.69) is 0 Å². The Hall–Kier alpha value is -4.50. The lowest BCUT2D eigenvalue weighted by Crippen LogP contribution is -2.68. The van der Waals surface area contributed by atoms with Crippen molar-refractivity contribution in [1.29, 1.82) is 0 Å². The second-order valence-electron chi connectivity index (χ2n) is 17.4. The zero-order valence-corrected chi connectivity index (χ0v) is 32.5. The van der Waals surface area contributed by atoms with Crippen molar-refractivity contribution in [1.82, 2.24) is 9.80 Å². The molecule has 292 valence electrons. The molecule has 2 amide bonds. The number of benzene rings is 1. The molecule has 0 spiro atoms. The van der Waals surface area contributed by atoms with Crippen molar-refractivity contribution in [2.45, 2.75) is 92.2 Å². The molecular weight excluding hydrogens is 688 g/mol. The number of aliphatic hydroxyl groups excluding tert-OH is 1. The molecule has 0 aromatic heterocycles. The van der Waals surface area contributed by atoms with Gasteiger partial charge in [-0.1, -0.05) is 41.5 Å². The molecule has 4 rings (SSSR count). The fraction of sp³-hybridized carbons (Fsp3) is 0.632. The number of aromatic hydroxyl groups is 1. The highest BCUT2D eigenvalue weighted by molar-refractivity contribution is 6.25. The molecule has 4 unspecified atom stereocenters. The minimum Gasteiger partial charge on any atom is -0.508 e. The molecule has 53 heavy (non-hydrogen) atoms. The van der Waals surface area contributed by atoms with Crippen LogP contribution in [0.1, 0.15) is 82.8 Å². The third kappa shape index (κ3) is 7.91. The topological polar surface area (TPSA) is 217 Å². The summed E-state index contributed by atoms with van der Waals surface area (Å²) in [5, 5.41) is 34.9. The number of Topliss-reactive ketones (excluding diaryl/α,β-unsaturated/α-hetero) is 3. The van der Waals surface area contributed by atoms with Gasteiger partial charge in [-0.3, -0.25) is 28.9 Å². The number of aliphatic hydroxyl groups is 2. The summed E-state index contributed by atoms with van der Waals surface area (Å²) < 4.78 is 10.8. The fourth-order valence-corrected chi connectivity index (χ4v) is 7.95. The maximum absolute atomic E-state index is 14.5. The number of phenolic OH excluding ortho intramolecular Hbond substituents is 1. The number of hydrogen-bond acceptors (Lipinski definition) is 13. The summed E-state index contributed by atoms with van der Waals surface area (Å²) in [7, 11) is 6.54. The van der Waals surface area contributed by atoms with Crippen LogP contribution in [0, 0.1) is 28.6 Å². The Morgan fingerprint density at radius 1 is 0.981 bits per heavy atom. The number of ketones is 3. The minimum atomic E-state index is -2.78. The van der Waals surface area contributed by atoms with Gasteiger partial charge in [0.15, 0.2) is 23.0 Å². The Morgan fingerprint density at radius 3 is 2.09 bits per heavy atom. The Labute approximate surface area is 310 Å². The van der Waals surface area contributed by atoms with Crippen molar-refractivity contribution in [3.05, 3.63) is 34.1 Å². The molecule has 1 aromatic rings. The smallest absolute Gasteiger partial charge is 0.413 e. The van der Waals surface area contributed by atoms with Gasteiger partial charge in [-0.15, -0.1) is 0 Å². The Morgan fingerprint density at radius 2 is 1.58 bits per heavy atom. The molecule has 0 radical (unpaired) electrons. The molecule has 0 bridgehead atoms. The summed E-state index contributed by atoms with van der Waals surface area (Å²) in [6, 6.07) is 0.445. The molecule has 1 aromatic carbocycles. The Balaban J connectivity index is 1.77. The molecule has 0 heterocycles. The zero-order valence-electron chi connectivity index (χ0n) is 32.5. The standard InChI is InChI=1S/C38H54N4O11/c1-18(52-24(43)15-36(2,3)4)53-35(50)42(17-37(5,6)7)16-20-14-23(40(8)9)21-12-19-13-22-28(41(10)11)31(46)27(34(39)49)33(48)38(22,51)32(47)25(19)30(45)26(21)29(20)44/h14,18-19,22,25,28,44,48,51H,12-13,15-17H2,1-11H3,(H2,39,49)/t18?,19?,22?,25?,28-,38-/m0/s1. The van der Waals surface area contributed by atoms with E-state index in [1.54, 1.807) is 25.1 Å². The number of carbonyl (C=O) groups is 6. The molecule has 0 aliphatic heterocycles. The largest absolute Gasteiger partial charge is 0.508 e. The van der Waals surface area contributed by atoms with Crippen LogP contribution in [0.15, 0.2) is 17.4 Å². The summed E-state index contributed by atoms with van der Waals surface area (Å²) in [5.41, 5.74) is 1.89. The van der Waals surface area contributed by atoms with Crippen LogP contribution in [-0.2, 0) is 41.6 Å². The second-order valence-corrected chi connectivity index (χ2v) is 17.4. The molecule has 3 aliphatic rings. The van der Waals surface area contributed by atoms with Crippen molar-refractivity contribution in [2.75, 3.05) is 39.6 Å². The molecule has 15 heteroatoms. The van der Waals surface area contributed by atoms with Crippen LogP contribution in [0.3, 0.4) is 0 Å². The molecule has 5 N–H and O–H groups in total. The first-order chi connectivity index (χ1) is 24.2. The first kappa shape index (κ1) is 41.3. The third-order valence-electron chi connectivity index (χ3n) is 9.98. The summed E-state index contributed by atoms with van der Waals surface area (Å²) in [6.45, 7) is 12.6. The quantitative estimate of drug-likeness (QED) is 0.124. The van der Waals surface area contributed by atoms with E-state index in [0.717, 1.165) is 0 Å². The van der Waals surface area contributed by atoms with Crippen molar-refractivity contribution in [3.63, 3.8) is 0 Å². The van der Waals surface area contributed by atoms with E-state index >= 15 is 0 Å². The first-order valence-corrected chi connectivity index (χ1v) is 17.7. The average Bonchev–Trinajstić information content (AvgIpc) is 2.97. The molecule has 0 saturated heterocycles. The van der Waals surface area contributed by atoms with Crippen LogP contribution in [0.5, 0.6) is 5.75 Å². The average molecular weight is 743 g/mol. The predicted molar refractivity (Wildman–Crippen MR) is 193 cm³/mol. The lowest BCUT2D eigenvalue weighted by atomic mass is 9.54. The van der Waals surface area contributed by atoms with Crippen LogP contribution in [0.4, 0.5) is 10.5 Å². The third-order valence-corrected chi connectivity index (χ3v) is 9.98.